The van der Waals surface area contributed by atoms with Crippen LogP contribution in [0.25, 0.3) is 0 Å². The summed E-state index contributed by atoms with van der Waals surface area (Å²) in [4.78, 5) is 11.6. The number of hydrogen-bond acceptors (Lipinski definition) is 1. The van der Waals surface area contributed by atoms with E-state index in [1.165, 1.54) is 0 Å². The van der Waals surface area contributed by atoms with Crippen LogP contribution >= 0.6 is 20.2 Å². The first-order chi connectivity index (χ1) is 6.16. The van der Waals surface area contributed by atoms with Crippen LogP contribution < -0.4 is 0 Å². The van der Waals surface area contributed by atoms with E-state index in [2.05, 4.69) is 0 Å². The van der Waals surface area contributed by atoms with E-state index < -0.39 is 0 Å². The fourth-order valence-electron chi connectivity index (χ4n) is 1.17. The van der Waals surface area contributed by atoms with Gasteiger partial charge in [0.1, 0.15) is 0 Å². The molecule has 14 heavy (non-hydrogen) atoms. The molecule has 1 radical (unpaired) electrons. The maximum Gasteiger partial charge on any atom is 0.182 e. The topological polar surface area (TPSA) is 17.1 Å². The molecule has 0 amide bonds. The third-order valence-electron chi connectivity index (χ3n) is 1.79. The van der Waals surface area contributed by atoms with Gasteiger partial charge in [-0.3, -0.25) is 4.79 Å². The van der Waals surface area contributed by atoms with Gasteiger partial charge < -0.3 is 0 Å². The number of aryl methyl sites for hydroxylation is 1. The summed E-state index contributed by atoms with van der Waals surface area (Å²) in [5.41, 5.74) is 1.84. The molecular weight excluding hydrogens is 209 g/mol. The van der Waals surface area contributed by atoms with E-state index >= 15 is 0 Å². The zero-order valence-corrected chi connectivity index (χ0v) is 10.5. The van der Waals surface area contributed by atoms with Crippen molar-refractivity contribution >= 4 is 44.6 Å². The van der Waals surface area contributed by atoms with Crippen molar-refractivity contribution in [2.45, 2.75) is 13.8 Å². The molecule has 1 aromatic carbocycles. The molecule has 0 aliphatic heterocycles. The Kier molecular flexibility index (Phi) is 6.75. The van der Waals surface area contributed by atoms with E-state index in [9.17, 15) is 4.79 Å². The average Bonchev–Trinajstić information content (AvgIpc) is 2.04. The first kappa shape index (κ1) is 14.2. The van der Waals surface area contributed by atoms with Gasteiger partial charge in [-0.25, -0.2) is 0 Å². The molecule has 0 bridgehead atoms. The van der Waals surface area contributed by atoms with E-state index in [1.807, 2.05) is 26.0 Å². The van der Waals surface area contributed by atoms with Crippen molar-refractivity contribution in [3.8, 4) is 0 Å². The number of benzene rings is 1. The number of rotatable bonds is 3. The summed E-state index contributed by atoms with van der Waals surface area (Å²) >= 11 is 5.94. The van der Waals surface area contributed by atoms with Crippen LogP contribution in [-0.2, 0) is 0 Å². The smallest absolute Gasteiger partial charge is 0.182 e. The van der Waals surface area contributed by atoms with Crippen LogP contribution in [0.1, 0.15) is 22.8 Å². The molecule has 0 heterocycles. The van der Waals surface area contributed by atoms with E-state index in [0.29, 0.717) is 19.2 Å². The van der Waals surface area contributed by atoms with E-state index in [-0.39, 0.29) is 24.4 Å². The molecule has 4 heteroatoms. The first-order valence-electron chi connectivity index (χ1n) is 4.20. The number of halogens is 1. The number of carbonyl (C=O) groups is 1. The molecular formula is C10H12ClLiOP. The van der Waals surface area contributed by atoms with E-state index in [1.54, 1.807) is 6.07 Å². The molecule has 0 aliphatic rings. The maximum atomic E-state index is 11.6. The molecule has 71 valence electrons. The Morgan fingerprint density at radius 3 is 2.64 bits per heavy atom. The van der Waals surface area contributed by atoms with Crippen molar-refractivity contribution in [1.29, 1.82) is 0 Å². The van der Waals surface area contributed by atoms with Crippen LogP contribution in [0.2, 0.25) is 5.02 Å². The van der Waals surface area contributed by atoms with Crippen molar-refractivity contribution in [3.05, 3.63) is 34.3 Å². The van der Waals surface area contributed by atoms with Gasteiger partial charge in [-0.05, 0) is 33.3 Å². The van der Waals surface area contributed by atoms with Crippen LogP contribution in [-0.4, -0.2) is 30.5 Å². The van der Waals surface area contributed by atoms with E-state index in [0.717, 1.165) is 11.7 Å². The van der Waals surface area contributed by atoms with Crippen LogP contribution in [0.3, 0.4) is 0 Å². The molecule has 1 unspecified atom stereocenters. The summed E-state index contributed by atoms with van der Waals surface area (Å²) < 4.78 is 0. The Bertz CT molecular complexity index is 308. The summed E-state index contributed by atoms with van der Waals surface area (Å²) in [5, 5.41) is 0.575. The van der Waals surface area contributed by atoms with Gasteiger partial charge in [-0.15, -0.1) is 0 Å². The van der Waals surface area contributed by atoms with Gasteiger partial charge >= 0.3 is 0 Å². The first-order valence-corrected chi connectivity index (χ1v) is 5.78. The standard InChI is InChI=1S/C10H12ClOP.Li/c1-3-13-10(12)9-7(2)5-4-6-8(9)11;/h4-6,13H,3H2,1-2H3;. The molecule has 0 N–H and O–H groups in total. The monoisotopic (exact) mass is 221 g/mol. The summed E-state index contributed by atoms with van der Waals surface area (Å²) in [7, 11) is 0.336. The zero-order chi connectivity index (χ0) is 9.84. The van der Waals surface area contributed by atoms with Gasteiger partial charge in [-0.1, -0.05) is 30.7 Å². The Labute approximate surface area is 104 Å². The van der Waals surface area contributed by atoms with Gasteiger partial charge in [-0.2, -0.15) is 0 Å². The van der Waals surface area contributed by atoms with Gasteiger partial charge in [0.15, 0.2) is 5.52 Å². The second-order valence-corrected chi connectivity index (χ2v) is 4.71. The summed E-state index contributed by atoms with van der Waals surface area (Å²) in [6.45, 7) is 3.92. The summed E-state index contributed by atoms with van der Waals surface area (Å²) in [6, 6.07) is 5.55. The average molecular weight is 222 g/mol. The number of carbonyl (C=O) groups excluding carboxylic acids is 1. The Balaban J connectivity index is 0.00000169. The van der Waals surface area contributed by atoms with Gasteiger partial charge in [0, 0.05) is 24.4 Å². The minimum atomic E-state index is 0. The Morgan fingerprint density at radius 1 is 1.50 bits per heavy atom. The molecule has 0 aromatic heterocycles. The number of hydrogen-bond donors (Lipinski definition) is 0. The van der Waals surface area contributed by atoms with Crippen molar-refractivity contribution in [2.75, 3.05) is 6.16 Å². The van der Waals surface area contributed by atoms with Crippen molar-refractivity contribution in [3.63, 3.8) is 0 Å². The molecule has 1 aromatic rings. The summed E-state index contributed by atoms with van der Waals surface area (Å²) in [6.07, 6.45) is 0.892. The molecule has 0 spiro atoms. The Morgan fingerprint density at radius 2 is 2.14 bits per heavy atom. The SMILES string of the molecule is CCPC(=O)c1c(C)cccc1Cl.[Li]. The zero-order valence-electron chi connectivity index (χ0n) is 8.73. The molecule has 1 nitrogen and oxygen atoms in total. The fourth-order valence-corrected chi connectivity index (χ4v) is 2.39. The second kappa shape index (κ2) is 6.65. The third kappa shape index (κ3) is 3.41. The normalized spacial score (nSPS) is 10.2. The molecule has 0 saturated carbocycles. The van der Waals surface area contributed by atoms with E-state index in [4.69, 9.17) is 11.6 Å². The van der Waals surface area contributed by atoms with Crippen LogP contribution in [0.4, 0.5) is 0 Å². The predicted octanol–water partition coefficient (Wildman–Crippen LogP) is 3.11. The predicted molar refractivity (Wildman–Crippen MR) is 65.1 cm³/mol. The van der Waals surface area contributed by atoms with Crippen molar-refractivity contribution in [2.24, 2.45) is 0 Å². The molecule has 0 aliphatic carbocycles. The van der Waals surface area contributed by atoms with Crippen LogP contribution in [0, 0.1) is 6.92 Å². The molecule has 1 atom stereocenters. The van der Waals surface area contributed by atoms with Gasteiger partial charge in [0.2, 0.25) is 0 Å². The Hall–Kier alpha value is 0.207. The third-order valence-corrected chi connectivity index (χ3v) is 3.03. The van der Waals surface area contributed by atoms with Crippen molar-refractivity contribution < 1.29 is 4.79 Å². The van der Waals surface area contributed by atoms with Crippen LogP contribution in [0.5, 0.6) is 0 Å². The minimum absolute atomic E-state index is 0. The molecule has 0 saturated heterocycles. The quantitative estimate of drug-likeness (QED) is 0.566. The second-order valence-electron chi connectivity index (χ2n) is 2.79. The van der Waals surface area contributed by atoms with Gasteiger partial charge in [0.05, 0.1) is 5.02 Å². The maximum absolute atomic E-state index is 11.6. The fraction of sp³-hybridized carbons (Fsp3) is 0.300. The van der Waals surface area contributed by atoms with Crippen LogP contribution in [0.15, 0.2) is 18.2 Å². The van der Waals surface area contributed by atoms with Gasteiger partial charge in [0.25, 0.3) is 0 Å². The molecule has 0 fully saturated rings. The minimum Gasteiger partial charge on any atom is -0.289 e. The molecule has 1 rings (SSSR count). The summed E-state index contributed by atoms with van der Waals surface area (Å²) in [5.74, 6) is 0. The largest absolute Gasteiger partial charge is 0.289 e. The van der Waals surface area contributed by atoms with Crippen molar-refractivity contribution in [1.82, 2.24) is 0 Å².